The zero-order valence-electron chi connectivity index (χ0n) is 18.2. The monoisotopic (exact) mass is 458 g/mol. The summed E-state index contributed by atoms with van der Waals surface area (Å²) in [6.07, 6.45) is 1.88. The van der Waals surface area contributed by atoms with Gasteiger partial charge in [0.2, 0.25) is 0 Å². The number of rotatable bonds is 6. The first kappa shape index (κ1) is 22.6. The summed E-state index contributed by atoms with van der Waals surface area (Å²) in [5, 5.41) is 9.12. The van der Waals surface area contributed by atoms with E-state index in [1.165, 1.54) is 12.3 Å². The molecule has 2 amide bonds. The quantitative estimate of drug-likeness (QED) is 0.525. The molecule has 0 atom stereocenters. The maximum absolute atomic E-state index is 14.0. The van der Waals surface area contributed by atoms with Crippen LogP contribution in [0.15, 0.2) is 24.4 Å². The molecule has 2 aromatic heterocycles. The number of aromatic amines is 2. The molecule has 3 heterocycles. The van der Waals surface area contributed by atoms with Gasteiger partial charge in [-0.1, -0.05) is 19.9 Å². The Labute approximate surface area is 188 Å². The molecule has 0 bridgehead atoms. The Morgan fingerprint density at radius 3 is 2.58 bits per heavy atom. The van der Waals surface area contributed by atoms with Crippen LogP contribution in [0.1, 0.15) is 40.4 Å². The minimum Gasteiger partial charge on any atom is -0.378 e. The fraction of sp³-hybridized carbons (Fsp3) is 0.364. The van der Waals surface area contributed by atoms with E-state index < -0.39 is 23.1 Å². The summed E-state index contributed by atoms with van der Waals surface area (Å²) in [6.45, 7) is 5.92. The lowest BCUT2D eigenvalue weighted by Crippen LogP contribution is -2.41. The number of ether oxygens (including phenoxy) is 1. The number of amides is 2. The summed E-state index contributed by atoms with van der Waals surface area (Å²) >= 11 is 0. The Balaban J connectivity index is 1.65. The molecule has 0 radical (unpaired) electrons. The van der Waals surface area contributed by atoms with Crippen molar-refractivity contribution in [2.45, 2.75) is 20.3 Å². The van der Waals surface area contributed by atoms with Crippen molar-refractivity contribution in [1.82, 2.24) is 25.1 Å². The highest BCUT2D eigenvalue weighted by Gasteiger charge is 2.27. The third-order valence-electron chi connectivity index (χ3n) is 5.21. The van der Waals surface area contributed by atoms with E-state index in [4.69, 9.17) is 4.74 Å². The highest BCUT2D eigenvalue weighted by atomic mass is 19.1. The molecule has 4 rings (SSSR count). The summed E-state index contributed by atoms with van der Waals surface area (Å²) in [5.41, 5.74) is 0.688. The van der Waals surface area contributed by atoms with Gasteiger partial charge in [0, 0.05) is 18.8 Å². The van der Waals surface area contributed by atoms with E-state index in [-0.39, 0.29) is 34.7 Å². The van der Waals surface area contributed by atoms with Crippen molar-refractivity contribution in [2.24, 2.45) is 5.92 Å². The van der Waals surface area contributed by atoms with Crippen LogP contribution in [0.3, 0.4) is 0 Å². The number of anilines is 1. The number of benzene rings is 1. The topological polar surface area (TPSA) is 116 Å². The van der Waals surface area contributed by atoms with Crippen LogP contribution < -0.4 is 5.32 Å². The number of imidazole rings is 1. The second kappa shape index (κ2) is 9.49. The highest BCUT2D eigenvalue weighted by molar-refractivity contribution is 6.06. The highest BCUT2D eigenvalue weighted by Crippen LogP contribution is 2.27. The predicted molar refractivity (Wildman–Crippen MR) is 116 cm³/mol. The molecule has 0 saturated carbocycles. The Bertz CT molecular complexity index is 1150. The van der Waals surface area contributed by atoms with Crippen molar-refractivity contribution < 1.29 is 23.1 Å². The van der Waals surface area contributed by atoms with Gasteiger partial charge in [-0.2, -0.15) is 5.10 Å². The van der Waals surface area contributed by atoms with E-state index >= 15 is 0 Å². The fourth-order valence-electron chi connectivity index (χ4n) is 3.64. The molecule has 1 fully saturated rings. The summed E-state index contributed by atoms with van der Waals surface area (Å²) in [4.78, 5) is 35.0. The number of hydrogen-bond acceptors (Lipinski definition) is 5. The standard InChI is InChI=1S/C22H24F2N6O3/c1-12(2)10-15-19(22(32)30-6-8-33-9-7-30)28-20(26-15)18-16(11-25-29-18)27-21(31)17-13(23)4-3-5-14(17)24/h3-5,11-12H,6-10H2,1-2H3,(H,25,29)(H,26,28)(H,27,31). The second-order valence-corrected chi connectivity index (χ2v) is 8.12. The Morgan fingerprint density at radius 2 is 1.91 bits per heavy atom. The van der Waals surface area contributed by atoms with Crippen LogP contribution in [0, 0.1) is 17.6 Å². The fourth-order valence-corrected chi connectivity index (χ4v) is 3.64. The van der Waals surface area contributed by atoms with Crippen LogP contribution in [-0.4, -0.2) is 63.2 Å². The zero-order chi connectivity index (χ0) is 23.5. The van der Waals surface area contributed by atoms with Crippen LogP contribution in [0.5, 0.6) is 0 Å². The molecule has 1 aliphatic rings. The normalized spacial score (nSPS) is 14.0. The number of H-pyrrole nitrogens is 2. The number of morpholine rings is 1. The maximum Gasteiger partial charge on any atom is 0.274 e. The number of aromatic nitrogens is 4. The number of hydrogen-bond donors (Lipinski definition) is 3. The van der Waals surface area contributed by atoms with Crippen molar-refractivity contribution in [3.63, 3.8) is 0 Å². The molecule has 1 aliphatic heterocycles. The van der Waals surface area contributed by atoms with Gasteiger partial charge in [-0.25, -0.2) is 13.8 Å². The minimum absolute atomic E-state index is 0.165. The van der Waals surface area contributed by atoms with E-state index in [0.29, 0.717) is 38.4 Å². The molecule has 3 N–H and O–H groups in total. The molecule has 0 unspecified atom stereocenters. The van der Waals surface area contributed by atoms with Gasteiger partial charge in [0.25, 0.3) is 11.8 Å². The lowest BCUT2D eigenvalue weighted by molar-refractivity contribution is 0.0298. The molecule has 1 aromatic carbocycles. The molecule has 0 spiro atoms. The molecule has 0 aliphatic carbocycles. The van der Waals surface area contributed by atoms with Gasteiger partial charge in [-0.3, -0.25) is 14.7 Å². The predicted octanol–water partition coefficient (Wildman–Crippen LogP) is 3.00. The van der Waals surface area contributed by atoms with Crippen LogP contribution in [0.2, 0.25) is 0 Å². The molecule has 174 valence electrons. The summed E-state index contributed by atoms with van der Waals surface area (Å²) in [5.74, 6) is -2.60. The SMILES string of the molecule is CC(C)Cc1[nH]c(-c2[nH]ncc2NC(=O)c2c(F)cccc2F)nc1C(=O)N1CCOCC1. The van der Waals surface area contributed by atoms with Crippen molar-refractivity contribution in [3.05, 3.63) is 53.0 Å². The van der Waals surface area contributed by atoms with E-state index in [0.717, 1.165) is 12.1 Å². The van der Waals surface area contributed by atoms with Crippen LogP contribution in [-0.2, 0) is 11.2 Å². The molecule has 33 heavy (non-hydrogen) atoms. The average Bonchev–Trinajstić information content (AvgIpc) is 3.40. The minimum atomic E-state index is -0.979. The van der Waals surface area contributed by atoms with Crippen molar-refractivity contribution in [2.75, 3.05) is 31.6 Å². The van der Waals surface area contributed by atoms with E-state index in [1.54, 1.807) is 4.90 Å². The number of carbonyl (C=O) groups is 2. The van der Waals surface area contributed by atoms with E-state index in [1.807, 2.05) is 13.8 Å². The number of nitrogens with one attached hydrogen (secondary N) is 3. The van der Waals surface area contributed by atoms with Gasteiger partial charge >= 0.3 is 0 Å². The Hall–Kier alpha value is -3.60. The lowest BCUT2D eigenvalue weighted by atomic mass is 10.1. The first-order valence-electron chi connectivity index (χ1n) is 10.6. The number of nitrogens with zero attached hydrogens (tertiary/aromatic N) is 3. The molecular formula is C22H24F2N6O3. The first-order chi connectivity index (χ1) is 15.8. The Kier molecular flexibility index (Phi) is 6.50. The third kappa shape index (κ3) is 4.77. The second-order valence-electron chi connectivity index (χ2n) is 8.12. The van der Waals surface area contributed by atoms with Gasteiger partial charge in [0.15, 0.2) is 5.82 Å². The van der Waals surface area contributed by atoms with E-state index in [2.05, 4.69) is 25.5 Å². The summed E-state index contributed by atoms with van der Waals surface area (Å²) in [7, 11) is 0. The van der Waals surface area contributed by atoms with Crippen LogP contribution in [0.4, 0.5) is 14.5 Å². The third-order valence-corrected chi connectivity index (χ3v) is 5.21. The Morgan fingerprint density at radius 1 is 1.21 bits per heavy atom. The molecule has 3 aromatic rings. The maximum atomic E-state index is 14.0. The number of carbonyl (C=O) groups excluding carboxylic acids is 2. The van der Waals surface area contributed by atoms with Gasteiger partial charge in [-0.15, -0.1) is 0 Å². The first-order valence-corrected chi connectivity index (χ1v) is 10.6. The van der Waals surface area contributed by atoms with Gasteiger partial charge in [0.1, 0.15) is 28.6 Å². The van der Waals surface area contributed by atoms with Crippen molar-refractivity contribution in [3.8, 4) is 11.5 Å². The number of halogens is 2. The summed E-state index contributed by atoms with van der Waals surface area (Å²) in [6, 6.07) is 3.18. The molecule has 11 heteroatoms. The van der Waals surface area contributed by atoms with Gasteiger partial charge < -0.3 is 19.9 Å². The summed E-state index contributed by atoms with van der Waals surface area (Å²) < 4.78 is 33.3. The average molecular weight is 458 g/mol. The molecular weight excluding hydrogens is 434 g/mol. The lowest BCUT2D eigenvalue weighted by Gasteiger charge is -2.26. The van der Waals surface area contributed by atoms with Crippen LogP contribution >= 0.6 is 0 Å². The van der Waals surface area contributed by atoms with Crippen LogP contribution in [0.25, 0.3) is 11.5 Å². The smallest absolute Gasteiger partial charge is 0.274 e. The molecule has 1 saturated heterocycles. The van der Waals surface area contributed by atoms with Gasteiger partial charge in [-0.05, 0) is 24.5 Å². The van der Waals surface area contributed by atoms with Crippen molar-refractivity contribution >= 4 is 17.5 Å². The van der Waals surface area contributed by atoms with E-state index in [9.17, 15) is 18.4 Å². The van der Waals surface area contributed by atoms with Gasteiger partial charge in [0.05, 0.1) is 25.1 Å². The zero-order valence-corrected chi connectivity index (χ0v) is 18.2. The largest absolute Gasteiger partial charge is 0.378 e. The molecule has 9 nitrogen and oxygen atoms in total. The van der Waals surface area contributed by atoms with Crippen molar-refractivity contribution in [1.29, 1.82) is 0 Å².